The smallest absolute Gasteiger partial charge is 0.264 e. The number of ether oxygens (including phenoxy) is 2. The van der Waals surface area contributed by atoms with E-state index in [4.69, 9.17) is 18.8 Å². The third-order valence-corrected chi connectivity index (χ3v) is 4.85. The van der Waals surface area contributed by atoms with Gasteiger partial charge in [-0.1, -0.05) is 88.4 Å². The molecule has 2 rings (SSSR count). The highest BCUT2D eigenvalue weighted by Crippen LogP contribution is 2.18. The summed E-state index contributed by atoms with van der Waals surface area (Å²) in [7, 11) is -3.39. The number of aliphatic hydroxyl groups is 1. The van der Waals surface area contributed by atoms with Gasteiger partial charge < -0.3 is 14.6 Å². The van der Waals surface area contributed by atoms with Crippen molar-refractivity contribution in [2.24, 2.45) is 10.8 Å². The van der Waals surface area contributed by atoms with Crippen molar-refractivity contribution in [1.82, 2.24) is 0 Å². The summed E-state index contributed by atoms with van der Waals surface area (Å²) in [6.45, 7) is 10.2. The second kappa shape index (κ2) is 13.7. The SMILES string of the molecule is CC(C)(CO)COCc1ccccc1.CC(C)(COCc1ccccc1)COS(C)(=O)=O. The van der Waals surface area contributed by atoms with E-state index in [2.05, 4.69) is 0 Å². The van der Waals surface area contributed by atoms with Gasteiger partial charge in [-0.2, -0.15) is 8.42 Å². The Kier molecular flexibility index (Phi) is 12.1. The molecule has 0 atom stereocenters. The Labute approximate surface area is 193 Å². The predicted molar refractivity (Wildman–Crippen MR) is 128 cm³/mol. The number of hydrogen-bond acceptors (Lipinski definition) is 6. The van der Waals surface area contributed by atoms with E-state index in [9.17, 15) is 8.42 Å². The van der Waals surface area contributed by atoms with E-state index in [0.29, 0.717) is 26.4 Å². The normalized spacial score (nSPS) is 12.2. The van der Waals surface area contributed by atoms with Crippen molar-refractivity contribution in [3.05, 3.63) is 71.8 Å². The molecule has 0 bridgehead atoms. The first-order chi connectivity index (χ1) is 14.9. The van der Waals surface area contributed by atoms with Gasteiger partial charge in [0, 0.05) is 10.8 Å². The van der Waals surface area contributed by atoms with Gasteiger partial charge in [-0.25, -0.2) is 0 Å². The Bertz CT molecular complexity index is 849. The lowest BCUT2D eigenvalue weighted by molar-refractivity contribution is 0.0198. The van der Waals surface area contributed by atoms with Crippen LogP contribution in [0.15, 0.2) is 60.7 Å². The van der Waals surface area contributed by atoms with Gasteiger partial charge in [-0.05, 0) is 11.1 Å². The molecule has 7 heteroatoms. The molecule has 1 N–H and O–H groups in total. The monoisotopic (exact) mass is 466 g/mol. The zero-order chi connectivity index (χ0) is 24.1. The van der Waals surface area contributed by atoms with Crippen LogP contribution in [0.25, 0.3) is 0 Å². The van der Waals surface area contributed by atoms with E-state index in [1.807, 2.05) is 88.4 Å². The second-order valence-corrected chi connectivity index (χ2v) is 11.1. The minimum absolute atomic E-state index is 0.126. The van der Waals surface area contributed by atoms with Crippen molar-refractivity contribution in [2.45, 2.75) is 40.9 Å². The zero-order valence-electron chi connectivity index (χ0n) is 19.9. The predicted octanol–water partition coefficient (Wildman–Crippen LogP) is 4.43. The first-order valence-electron chi connectivity index (χ1n) is 10.6. The molecule has 2 aromatic rings. The van der Waals surface area contributed by atoms with Crippen molar-refractivity contribution < 1.29 is 27.2 Å². The van der Waals surface area contributed by atoms with E-state index >= 15 is 0 Å². The lowest BCUT2D eigenvalue weighted by Gasteiger charge is -2.23. The Morgan fingerprint density at radius 3 is 1.50 bits per heavy atom. The molecule has 0 saturated carbocycles. The standard InChI is InChI=1S/C13H20O4S.C12H18O2/c1-13(2,11-17-18(3,14)15)10-16-9-12-7-5-4-6-8-12;1-12(2,9-13)10-14-8-11-6-4-3-5-7-11/h4-8H,9-11H2,1-3H3;3-7,13H,8-10H2,1-2H3. The van der Waals surface area contributed by atoms with Crippen LogP contribution in [0.1, 0.15) is 38.8 Å². The lowest BCUT2D eigenvalue weighted by atomic mass is 9.96. The summed E-state index contributed by atoms with van der Waals surface area (Å²) in [4.78, 5) is 0. The van der Waals surface area contributed by atoms with E-state index in [-0.39, 0.29) is 24.0 Å². The fraction of sp³-hybridized carbons (Fsp3) is 0.520. The van der Waals surface area contributed by atoms with Crippen molar-refractivity contribution in [3.8, 4) is 0 Å². The summed E-state index contributed by atoms with van der Waals surface area (Å²) in [5, 5.41) is 9.01. The molecule has 0 spiro atoms. The average molecular weight is 467 g/mol. The molecule has 6 nitrogen and oxygen atoms in total. The fourth-order valence-electron chi connectivity index (χ4n) is 2.39. The summed E-state index contributed by atoms with van der Waals surface area (Å²) >= 11 is 0. The summed E-state index contributed by atoms with van der Waals surface area (Å²) in [6, 6.07) is 19.9. The van der Waals surface area contributed by atoms with E-state index in [1.165, 1.54) is 5.56 Å². The van der Waals surface area contributed by atoms with Gasteiger partial charge in [0.2, 0.25) is 0 Å². The van der Waals surface area contributed by atoms with Gasteiger partial charge >= 0.3 is 0 Å². The molecule has 0 aliphatic heterocycles. The van der Waals surface area contributed by atoms with Crippen LogP contribution in [-0.2, 0) is 37.0 Å². The summed E-state index contributed by atoms with van der Waals surface area (Å²) in [5.74, 6) is 0. The molecule has 0 unspecified atom stereocenters. The highest BCUT2D eigenvalue weighted by molar-refractivity contribution is 7.85. The average Bonchev–Trinajstić information content (AvgIpc) is 2.74. The molecule has 0 amide bonds. The highest BCUT2D eigenvalue weighted by Gasteiger charge is 2.21. The van der Waals surface area contributed by atoms with E-state index in [1.54, 1.807) is 0 Å². The van der Waals surface area contributed by atoms with Crippen molar-refractivity contribution in [1.29, 1.82) is 0 Å². The summed E-state index contributed by atoms with van der Waals surface area (Å²) in [6.07, 6.45) is 1.05. The van der Waals surface area contributed by atoms with Gasteiger partial charge in [0.1, 0.15) is 0 Å². The van der Waals surface area contributed by atoms with E-state index in [0.717, 1.165) is 11.8 Å². The van der Waals surface area contributed by atoms with Gasteiger partial charge in [0.15, 0.2) is 0 Å². The zero-order valence-corrected chi connectivity index (χ0v) is 20.7. The molecule has 0 aliphatic carbocycles. The molecule has 0 saturated heterocycles. The maximum Gasteiger partial charge on any atom is 0.264 e. The van der Waals surface area contributed by atoms with Crippen LogP contribution < -0.4 is 0 Å². The largest absolute Gasteiger partial charge is 0.396 e. The van der Waals surface area contributed by atoms with Crippen molar-refractivity contribution in [3.63, 3.8) is 0 Å². The van der Waals surface area contributed by atoms with Gasteiger partial charge in [0.05, 0.1) is 45.9 Å². The number of aliphatic hydroxyl groups excluding tert-OH is 1. The topological polar surface area (TPSA) is 82.1 Å². The van der Waals surface area contributed by atoms with Crippen LogP contribution in [0.5, 0.6) is 0 Å². The maximum atomic E-state index is 10.9. The Morgan fingerprint density at radius 2 is 1.12 bits per heavy atom. The van der Waals surface area contributed by atoms with Crippen LogP contribution in [0.3, 0.4) is 0 Å². The molecule has 2 aromatic carbocycles. The molecule has 0 aliphatic rings. The lowest BCUT2D eigenvalue weighted by Crippen LogP contribution is -2.27. The number of benzene rings is 2. The third-order valence-electron chi connectivity index (χ3n) is 4.30. The van der Waals surface area contributed by atoms with Crippen LogP contribution in [0.4, 0.5) is 0 Å². The Balaban J connectivity index is 0.000000330. The Hall–Kier alpha value is -1.77. The quantitative estimate of drug-likeness (QED) is 0.466. The van der Waals surface area contributed by atoms with Gasteiger partial charge in [-0.3, -0.25) is 4.18 Å². The molecule has 0 heterocycles. The van der Waals surface area contributed by atoms with Crippen molar-refractivity contribution in [2.75, 3.05) is 32.7 Å². The fourth-order valence-corrected chi connectivity index (χ4v) is 2.93. The first kappa shape index (κ1) is 28.3. The van der Waals surface area contributed by atoms with E-state index < -0.39 is 10.1 Å². The highest BCUT2D eigenvalue weighted by atomic mass is 32.2. The van der Waals surface area contributed by atoms with Gasteiger partial charge in [0.25, 0.3) is 10.1 Å². The maximum absolute atomic E-state index is 10.9. The molecule has 0 fully saturated rings. The minimum atomic E-state index is -3.39. The summed E-state index contributed by atoms with van der Waals surface area (Å²) < 4.78 is 37.7. The van der Waals surface area contributed by atoms with Crippen LogP contribution >= 0.6 is 0 Å². The van der Waals surface area contributed by atoms with Crippen LogP contribution in [0, 0.1) is 10.8 Å². The third kappa shape index (κ3) is 14.3. The number of hydrogen-bond donors (Lipinski definition) is 1. The molecule has 32 heavy (non-hydrogen) atoms. The molecule has 0 radical (unpaired) electrons. The van der Waals surface area contributed by atoms with Crippen LogP contribution in [0.2, 0.25) is 0 Å². The molecule has 0 aromatic heterocycles. The van der Waals surface area contributed by atoms with Crippen LogP contribution in [-0.4, -0.2) is 46.2 Å². The first-order valence-corrected chi connectivity index (χ1v) is 12.4. The number of rotatable bonds is 12. The minimum Gasteiger partial charge on any atom is -0.396 e. The Morgan fingerprint density at radius 1 is 0.719 bits per heavy atom. The molecular weight excluding hydrogens is 428 g/mol. The van der Waals surface area contributed by atoms with Gasteiger partial charge in [-0.15, -0.1) is 0 Å². The van der Waals surface area contributed by atoms with Crippen molar-refractivity contribution >= 4 is 10.1 Å². The molecular formula is C25H38O6S. The molecule has 180 valence electrons. The second-order valence-electron chi connectivity index (χ2n) is 9.41. The summed E-state index contributed by atoms with van der Waals surface area (Å²) in [5.41, 5.74) is 1.78.